The molecule has 2 rings (SSSR count). The molecule has 1 atom stereocenters. The van der Waals surface area contributed by atoms with Crippen molar-refractivity contribution in [1.82, 2.24) is 5.32 Å². The first-order valence-corrected chi connectivity index (χ1v) is 7.85. The Labute approximate surface area is 131 Å². The standard InChI is InChI=1S/C17H25NO4/c1-20-12-14-5-7-15(8-6-14)17(19)18-9-3-10-21-13-16-4-2-11-22-16/h5-8,16H,2-4,9-13H2,1H3,(H,18,19). The van der Waals surface area contributed by atoms with Crippen molar-refractivity contribution in [1.29, 1.82) is 0 Å². The van der Waals surface area contributed by atoms with E-state index in [1.807, 2.05) is 24.3 Å². The summed E-state index contributed by atoms with van der Waals surface area (Å²) in [5.74, 6) is -0.0527. The molecule has 0 aromatic heterocycles. The van der Waals surface area contributed by atoms with Gasteiger partial charge in [-0.2, -0.15) is 0 Å². The van der Waals surface area contributed by atoms with E-state index in [9.17, 15) is 4.79 Å². The first kappa shape index (κ1) is 16.9. The molecular weight excluding hydrogens is 282 g/mol. The molecule has 1 N–H and O–H groups in total. The number of rotatable bonds is 9. The zero-order valence-electron chi connectivity index (χ0n) is 13.2. The second-order valence-electron chi connectivity index (χ2n) is 5.45. The molecule has 1 aliphatic heterocycles. The Hall–Kier alpha value is -1.43. The van der Waals surface area contributed by atoms with E-state index in [0.29, 0.717) is 31.9 Å². The largest absolute Gasteiger partial charge is 0.380 e. The maximum Gasteiger partial charge on any atom is 0.251 e. The van der Waals surface area contributed by atoms with Crippen LogP contribution in [0.15, 0.2) is 24.3 Å². The van der Waals surface area contributed by atoms with Gasteiger partial charge in [-0.15, -0.1) is 0 Å². The molecule has 0 saturated carbocycles. The molecule has 0 radical (unpaired) electrons. The van der Waals surface area contributed by atoms with E-state index in [0.717, 1.165) is 31.4 Å². The number of nitrogens with one attached hydrogen (secondary N) is 1. The van der Waals surface area contributed by atoms with E-state index in [4.69, 9.17) is 14.2 Å². The highest BCUT2D eigenvalue weighted by atomic mass is 16.5. The highest BCUT2D eigenvalue weighted by Crippen LogP contribution is 2.11. The lowest BCUT2D eigenvalue weighted by molar-refractivity contribution is 0.0166. The molecule has 1 aromatic carbocycles. The Balaban J connectivity index is 1.56. The Morgan fingerprint density at radius 3 is 2.86 bits per heavy atom. The number of amides is 1. The van der Waals surface area contributed by atoms with Crippen molar-refractivity contribution in [2.75, 3.05) is 33.5 Å². The minimum Gasteiger partial charge on any atom is -0.380 e. The Morgan fingerprint density at radius 2 is 2.18 bits per heavy atom. The van der Waals surface area contributed by atoms with Crippen LogP contribution < -0.4 is 5.32 Å². The maximum atomic E-state index is 12.0. The van der Waals surface area contributed by atoms with Crippen LogP contribution in [0.5, 0.6) is 0 Å². The molecule has 1 unspecified atom stereocenters. The highest BCUT2D eigenvalue weighted by molar-refractivity contribution is 5.94. The summed E-state index contributed by atoms with van der Waals surface area (Å²) >= 11 is 0. The maximum absolute atomic E-state index is 12.0. The molecule has 0 spiro atoms. The van der Waals surface area contributed by atoms with Crippen LogP contribution in [0.25, 0.3) is 0 Å². The predicted octanol–water partition coefficient (Wildman–Crippen LogP) is 2.15. The Kier molecular flexibility index (Phi) is 7.36. The number of methoxy groups -OCH3 is 1. The topological polar surface area (TPSA) is 56.8 Å². The van der Waals surface area contributed by atoms with Crippen molar-refractivity contribution in [2.24, 2.45) is 0 Å². The molecule has 1 saturated heterocycles. The quantitative estimate of drug-likeness (QED) is 0.710. The van der Waals surface area contributed by atoms with Crippen LogP contribution in [0.3, 0.4) is 0 Å². The van der Waals surface area contributed by atoms with Gasteiger partial charge in [0.25, 0.3) is 5.91 Å². The van der Waals surface area contributed by atoms with Crippen molar-refractivity contribution in [3.05, 3.63) is 35.4 Å². The average Bonchev–Trinajstić information content (AvgIpc) is 3.05. The fourth-order valence-electron chi connectivity index (χ4n) is 2.39. The normalized spacial score (nSPS) is 17.6. The summed E-state index contributed by atoms with van der Waals surface area (Å²) in [5.41, 5.74) is 1.72. The van der Waals surface area contributed by atoms with Crippen LogP contribution in [0.2, 0.25) is 0 Å². The van der Waals surface area contributed by atoms with E-state index in [1.165, 1.54) is 0 Å². The van der Waals surface area contributed by atoms with E-state index in [1.54, 1.807) is 7.11 Å². The summed E-state index contributed by atoms with van der Waals surface area (Å²) in [6.07, 6.45) is 3.30. The van der Waals surface area contributed by atoms with Crippen molar-refractivity contribution in [3.63, 3.8) is 0 Å². The van der Waals surface area contributed by atoms with Gasteiger partial charge >= 0.3 is 0 Å². The van der Waals surface area contributed by atoms with Gasteiger partial charge in [0, 0.05) is 32.4 Å². The summed E-state index contributed by atoms with van der Waals surface area (Å²) < 4.78 is 16.1. The Bertz CT molecular complexity index is 440. The molecule has 0 bridgehead atoms. The fraction of sp³-hybridized carbons (Fsp3) is 0.588. The summed E-state index contributed by atoms with van der Waals surface area (Å²) in [5, 5.41) is 2.90. The first-order valence-electron chi connectivity index (χ1n) is 7.85. The molecule has 122 valence electrons. The fourth-order valence-corrected chi connectivity index (χ4v) is 2.39. The third-order valence-corrected chi connectivity index (χ3v) is 3.61. The molecular formula is C17H25NO4. The summed E-state index contributed by atoms with van der Waals surface area (Å²) in [4.78, 5) is 12.0. The minimum atomic E-state index is -0.0527. The summed E-state index contributed by atoms with van der Waals surface area (Å²) in [7, 11) is 1.65. The molecule has 1 aromatic rings. The van der Waals surface area contributed by atoms with Crippen LogP contribution in [0.1, 0.15) is 35.2 Å². The van der Waals surface area contributed by atoms with Gasteiger partial charge in [0.1, 0.15) is 0 Å². The lowest BCUT2D eigenvalue weighted by Gasteiger charge is -2.10. The van der Waals surface area contributed by atoms with Crippen LogP contribution in [-0.4, -0.2) is 45.5 Å². The van der Waals surface area contributed by atoms with E-state index in [-0.39, 0.29) is 12.0 Å². The van der Waals surface area contributed by atoms with Crippen LogP contribution in [0, 0.1) is 0 Å². The van der Waals surface area contributed by atoms with Crippen LogP contribution in [0.4, 0.5) is 0 Å². The van der Waals surface area contributed by atoms with Crippen LogP contribution >= 0.6 is 0 Å². The molecule has 5 nitrogen and oxygen atoms in total. The molecule has 22 heavy (non-hydrogen) atoms. The van der Waals surface area contributed by atoms with Crippen molar-refractivity contribution >= 4 is 5.91 Å². The molecule has 1 amide bonds. The van der Waals surface area contributed by atoms with Gasteiger partial charge in [-0.3, -0.25) is 4.79 Å². The lowest BCUT2D eigenvalue weighted by Crippen LogP contribution is -2.25. The van der Waals surface area contributed by atoms with E-state index in [2.05, 4.69) is 5.32 Å². The number of hydrogen-bond acceptors (Lipinski definition) is 4. The monoisotopic (exact) mass is 307 g/mol. The number of carbonyl (C=O) groups excluding carboxylic acids is 1. The van der Waals surface area contributed by atoms with E-state index < -0.39 is 0 Å². The van der Waals surface area contributed by atoms with Gasteiger partial charge in [0.2, 0.25) is 0 Å². The second-order valence-corrected chi connectivity index (χ2v) is 5.45. The van der Waals surface area contributed by atoms with Gasteiger partial charge in [0.05, 0.1) is 19.3 Å². The van der Waals surface area contributed by atoms with Crippen molar-refractivity contribution < 1.29 is 19.0 Å². The smallest absolute Gasteiger partial charge is 0.251 e. The van der Waals surface area contributed by atoms with Gasteiger partial charge in [0.15, 0.2) is 0 Å². The number of carbonyl (C=O) groups is 1. The third-order valence-electron chi connectivity index (χ3n) is 3.61. The third kappa shape index (κ3) is 5.75. The number of ether oxygens (including phenoxy) is 3. The zero-order valence-corrected chi connectivity index (χ0v) is 13.2. The van der Waals surface area contributed by atoms with Gasteiger partial charge in [-0.05, 0) is 37.0 Å². The first-order chi connectivity index (χ1) is 10.8. The molecule has 1 heterocycles. The molecule has 1 aliphatic rings. The minimum absolute atomic E-state index is 0.0527. The van der Waals surface area contributed by atoms with Gasteiger partial charge in [-0.1, -0.05) is 12.1 Å². The Morgan fingerprint density at radius 1 is 1.36 bits per heavy atom. The van der Waals surface area contributed by atoms with Crippen LogP contribution in [-0.2, 0) is 20.8 Å². The van der Waals surface area contributed by atoms with Gasteiger partial charge < -0.3 is 19.5 Å². The summed E-state index contributed by atoms with van der Waals surface area (Å²) in [6.45, 7) is 3.34. The van der Waals surface area contributed by atoms with Crippen molar-refractivity contribution in [2.45, 2.75) is 32.0 Å². The van der Waals surface area contributed by atoms with E-state index >= 15 is 0 Å². The SMILES string of the molecule is COCc1ccc(C(=O)NCCCOCC2CCCO2)cc1. The molecule has 0 aliphatic carbocycles. The zero-order chi connectivity index (χ0) is 15.6. The predicted molar refractivity (Wildman–Crippen MR) is 83.9 cm³/mol. The molecule has 1 fully saturated rings. The second kappa shape index (κ2) is 9.56. The average molecular weight is 307 g/mol. The van der Waals surface area contributed by atoms with Crippen molar-refractivity contribution in [3.8, 4) is 0 Å². The number of hydrogen-bond donors (Lipinski definition) is 1. The lowest BCUT2D eigenvalue weighted by atomic mass is 10.1. The molecule has 5 heteroatoms. The summed E-state index contributed by atoms with van der Waals surface area (Å²) in [6, 6.07) is 7.45. The number of benzene rings is 1. The van der Waals surface area contributed by atoms with Gasteiger partial charge in [-0.25, -0.2) is 0 Å². The highest BCUT2D eigenvalue weighted by Gasteiger charge is 2.14.